The molecular formula is C26H31ClN6O2. The van der Waals surface area contributed by atoms with Crippen LogP contribution in [0.4, 0.5) is 17.5 Å². The zero-order chi connectivity index (χ0) is 23.8. The first-order valence-corrected chi connectivity index (χ1v) is 12.8. The predicted molar refractivity (Wildman–Crippen MR) is 139 cm³/mol. The zero-order valence-electron chi connectivity index (χ0n) is 20.0. The fourth-order valence-electron chi connectivity index (χ4n) is 5.52. The lowest BCUT2D eigenvalue weighted by Crippen LogP contribution is -2.52. The molecule has 1 atom stereocenters. The van der Waals surface area contributed by atoms with Crippen molar-refractivity contribution in [1.29, 1.82) is 0 Å². The molecule has 8 nitrogen and oxygen atoms in total. The van der Waals surface area contributed by atoms with Gasteiger partial charge in [0.25, 0.3) is 0 Å². The number of benzene rings is 1. The van der Waals surface area contributed by atoms with Crippen molar-refractivity contribution < 1.29 is 9.47 Å². The molecule has 9 heteroatoms. The molecule has 184 valence electrons. The Morgan fingerprint density at radius 1 is 1.03 bits per heavy atom. The van der Waals surface area contributed by atoms with E-state index in [1.165, 1.54) is 17.8 Å². The quantitative estimate of drug-likeness (QED) is 0.578. The van der Waals surface area contributed by atoms with Crippen LogP contribution < -0.4 is 19.4 Å². The van der Waals surface area contributed by atoms with E-state index in [0.717, 1.165) is 86.7 Å². The number of aromatic nitrogens is 3. The van der Waals surface area contributed by atoms with E-state index in [1.54, 1.807) is 7.11 Å². The first-order valence-electron chi connectivity index (χ1n) is 12.5. The van der Waals surface area contributed by atoms with E-state index in [4.69, 9.17) is 31.0 Å². The molecule has 0 bridgehead atoms. The van der Waals surface area contributed by atoms with Gasteiger partial charge in [0.05, 0.1) is 26.0 Å². The zero-order valence-corrected chi connectivity index (χ0v) is 20.8. The van der Waals surface area contributed by atoms with Crippen LogP contribution in [0.5, 0.6) is 5.88 Å². The fraction of sp³-hybridized carbons (Fsp3) is 0.462. The summed E-state index contributed by atoms with van der Waals surface area (Å²) >= 11 is 6.53. The molecule has 1 unspecified atom stereocenters. The summed E-state index contributed by atoms with van der Waals surface area (Å²) in [6.07, 6.45) is 4.50. The average Bonchev–Trinajstić information content (AvgIpc) is 3.28. The van der Waals surface area contributed by atoms with Crippen LogP contribution in [0, 0.1) is 0 Å². The molecule has 2 saturated heterocycles. The van der Waals surface area contributed by atoms with E-state index < -0.39 is 0 Å². The Hall–Kier alpha value is -2.97. The first-order chi connectivity index (χ1) is 17.2. The van der Waals surface area contributed by atoms with Gasteiger partial charge in [-0.3, -0.25) is 0 Å². The first kappa shape index (κ1) is 22.5. The smallest absolute Gasteiger partial charge is 0.214 e. The summed E-state index contributed by atoms with van der Waals surface area (Å²) in [6.45, 7) is 5.03. The largest absolute Gasteiger partial charge is 0.481 e. The third-order valence-electron chi connectivity index (χ3n) is 7.25. The second-order valence-electron chi connectivity index (χ2n) is 9.30. The average molecular weight is 495 g/mol. The van der Waals surface area contributed by atoms with Gasteiger partial charge in [0, 0.05) is 60.6 Å². The van der Waals surface area contributed by atoms with Crippen molar-refractivity contribution in [2.24, 2.45) is 0 Å². The van der Waals surface area contributed by atoms with Gasteiger partial charge in [0.2, 0.25) is 11.8 Å². The molecule has 5 heterocycles. The molecule has 3 aromatic rings. The normalized spacial score (nSPS) is 20.3. The third kappa shape index (κ3) is 4.29. The van der Waals surface area contributed by atoms with E-state index in [0.29, 0.717) is 5.88 Å². The van der Waals surface area contributed by atoms with Crippen LogP contribution in [0.15, 0.2) is 36.4 Å². The highest BCUT2D eigenvalue weighted by molar-refractivity contribution is 6.31. The number of anilines is 3. The summed E-state index contributed by atoms with van der Waals surface area (Å²) in [5.74, 6) is 2.53. The maximum atomic E-state index is 6.53. The Kier molecular flexibility index (Phi) is 6.16. The molecule has 1 aromatic carbocycles. The summed E-state index contributed by atoms with van der Waals surface area (Å²) < 4.78 is 11.0. The van der Waals surface area contributed by atoms with Crippen molar-refractivity contribution in [2.75, 3.05) is 61.2 Å². The Balaban J connectivity index is 1.38. The van der Waals surface area contributed by atoms with Crippen molar-refractivity contribution in [2.45, 2.75) is 31.8 Å². The number of H-pyrrole nitrogens is 1. The topological polar surface area (TPSA) is 69.8 Å². The van der Waals surface area contributed by atoms with Gasteiger partial charge in [-0.1, -0.05) is 17.7 Å². The van der Waals surface area contributed by atoms with E-state index in [2.05, 4.69) is 37.9 Å². The van der Waals surface area contributed by atoms with Gasteiger partial charge in [-0.2, -0.15) is 4.98 Å². The second-order valence-corrected chi connectivity index (χ2v) is 9.74. The molecule has 6 rings (SSSR count). The highest BCUT2D eigenvalue weighted by Gasteiger charge is 2.34. The number of hydrogen-bond acceptors (Lipinski definition) is 7. The van der Waals surface area contributed by atoms with Gasteiger partial charge < -0.3 is 29.2 Å². The Morgan fingerprint density at radius 3 is 2.77 bits per heavy atom. The van der Waals surface area contributed by atoms with Crippen LogP contribution in [-0.2, 0) is 11.2 Å². The molecule has 3 aliphatic heterocycles. The van der Waals surface area contributed by atoms with Crippen LogP contribution in [0.25, 0.3) is 11.3 Å². The van der Waals surface area contributed by atoms with E-state index in [1.807, 2.05) is 18.2 Å². The van der Waals surface area contributed by atoms with Crippen LogP contribution in [-0.4, -0.2) is 67.6 Å². The number of nitrogens with one attached hydrogen (secondary N) is 1. The number of fused-ring (bicyclic) bond motifs is 3. The van der Waals surface area contributed by atoms with Crippen molar-refractivity contribution in [1.82, 2.24) is 15.0 Å². The maximum Gasteiger partial charge on any atom is 0.214 e. The Morgan fingerprint density at radius 2 is 1.91 bits per heavy atom. The molecule has 1 N–H and O–H groups in total. The minimum absolute atomic E-state index is 0.200. The fourth-order valence-corrected chi connectivity index (χ4v) is 5.69. The molecule has 2 aromatic heterocycles. The molecule has 0 radical (unpaired) electrons. The second kappa shape index (κ2) is 9.59. The molecule has 35 heavy (non-hydrogen) atoms. The highest BCUT2D eigenvalue weighted by Crippen LogP contribution is 2.41. The summed E-state index contributed by atoms with van der Waals surface area (Å²) in [5.41, 5.74) is 4.44. The Bertz CT molecular complexity index is 1190. The van der Waals surface area contributed by atoms with Crippen molar-refractivity contribution in [3.8, 4) is 17.1 Å². The number of morpholine rings is 1. The van der Waals surface area contributed by atoms with E-state index in [-0.39, 0.29) is 6.17 Å². The highest BCUT2D eigenvalue weighted by atomic mass is 35.5. The number of pyridine rings is 1. The number of hydrogen-bond donors (Lipinski definition) is 1. The minimum atomic E-state index is 0.200. The van der Waals surface area contributed by atoms with Crippen molar-refractivity contribution >= 4 is 29.1 Å². The van der Waals surface area contributed by atoms with Gasteiger partial charge >= 0.3 is 0 Å². The molecule has 0 saturated carbocycles. The Labute approximate surface area is 210 Å². The van der Waals surface area contributed by atoms with Crippen LogP contribution in [0.3, 0.4) is 0 Å². The minimum Gasteiger partial charge on any atom is -0.481 e. The number of nitrogens with zero attached hydrogens (tertiary/aromatic N) is 5. The van der Waals surface area contributed by atoms with Gasteiger partial charge in [0.15, 0.2) is 0 Å². The third-order valence-corrected chi connectivity index (χ3v) is 7.48. The van der Waals surface area contributed by atoms with Gasteiger partial charge in [0.1, 0.15) is 12.0 Å². The van der Waals surface area contributed by atoms with E-state index in [9.17, 15) is 0 Å². The lowest BCUT2D eigenvalue weighted by Gasteiger charge is -2.44. The van der Waals surface area contributed by atoms with Gasteiger partial charge in [-0.15, -0.1) is 0 Å². The molecular weight excluding hydrogens is 464 g/mol. The number of imidazole rings is 1. The lowest BCUT2D eigenvalue weighted by atomic mass is 10.0. The standard InChI is InChI=1S/C26H31ClN6O2/c1-34-23-6-4-5-22(29-23)33-11-3-2-7-24(33)32-12-10-20-25(19-17-18(27)8-9-21(19)32)30-26(28-20)31-13-15-35-16-14-31/h4-6,8-9,17,24H,2-3,7,10-16H2,1H3,(H,28,30). The van der Waals surface area contributed by atoms with Crippen LogP contribution >= 0.6 is 11.6 Å². The number of rotatable bonds is 4. The number of halogens is 1. The molecule has 0 aliphatic carbocycles. The number of aromatic amines is 1. The molecule has 2 fully saturated rings. The lowest BCUT2D eigenvalue weighted by molar-refractivity contribution is 0.122. The van der Waals surface area contributed by atoms with Crippen LogP contribution in [0.2, 0.25) is 5.02 Å². The van der Waals surface area contributed by atoms with E-state index >= 15 is 0 Å². The number of ether oxygens (including phenoxy) is 2. The monoisotopic (exact) mass is 494 g/mol. The summed E-state index contributed by atoms with van der Waals surface area (Å²) in [4.78, 5) is 20.7. The van der Waals surface area contributed by atoms with Crippen molar-refractivity contribution in [3.63, 3.8) is 0 Å². The summed E-state index contributed by atoms with van der Waals surface area (Å²) in [7, 11) is 1.67. The van der Waals surface area contributed by atoms with Gasteiger partial charge in [-0.05, 0) is 43.5 Å². The van der Waals surface area contributed by atoms with Crippen molar-refractivity contribution in [3.05, 3.63) is 47.1 Å². The maximum absolute atomic E-state index is 6.53. The number of methoxy groups -OCH3 is 1. The molecule has 0 amide bonds. The summed E-state index contributed by atoms with van der Waals surface area (Å²) in [5, 5.41) is 0.724. The SMILES string of the molecule is COc1cccc(N2CCCCC2N2CCc3[nH]c(N4CCOCC4)nc3-c3cc(Cl)ccc32)n1. The predicted octanol–water partition coefficient (Wildman–Crippen LogP) is 4.35. The van der Waals surface area contributed by atoms with Crippen LogP contribution in [0.1, 0.15) is 25.0 Å². The summed E-state index contributed by atoms with van der Waals surface area (Å²) in [6, 6.07) is 12.2. The molecule has 0 spiro atoms. The number of piperidine rings is 1. The van der Waals surface area contributed by atoms with Gasteiger partial charge in [-0.25, -0.2) is 4.98 Å². The molecule has 3 aliphatic rings.